The molecule has 1 heterocycles. The van der Waals surface area contributed by atoms with Crippen LogP contribution in [0.15, 0.2) is 158 Å². The summed E-state index contributed by atoms with van der Waals surface area (Å²) in [6, 6.07) is 58.1. The Morgan fingerprint density at radius 3 is 1.82 bits per heavy atom. The summed E-state index contributed by atoms with van der Waals surface area (Å²) >= 11 is 1.87. The van der Waals surface area contributed by atoms with Gasteiger partial charge in [-0.2, -0.15) is 0 Å². The SMILES string of the molecule is c1cc(Nc2cccc3c2-c2ccccc2C32c3ccccc3-c3ccccc32)cc(-c2cccc3sc4ccccc4c23)c1. The highest BCUT2D eigenvalue weighted by Gasteiger charge is 2.51. The quantitative estimate of drug-likeness (QED) is 0.216. The highest BCUT2D eigenvalue weighted by molar-refractivity contribution is 7.25. The van der Waals surface area contributed by atoms with Crippen LogP contribution >= 0.6 is 11.3 Å². The Hall–Kier alpha value is -5.44. The highest BCUT2D eigenvalue weighted by Crippen LogP contribution is 2.63. The van der Waals surface area contributed by atoms with Crippen LogP contribution < -0.4 is 5.32 Å². The third-order valence-corrected chi connectivity index (χ3v) is 11.0. The van der Waals surface area contributed by atoms with Crippen LogP contribution in [0.1, 0.15) is 22.3 Å². The zero-order chi connectivity index (χ0) is 29.5. The molecule has 0 saturated carbocycles. The number of benzene rings is 7. The van der Waals surface area contributed by atoms with Gasteiger partial charge in [0, 0.05) is 37.1 Å². The lowest BCUT2D eigenvalue weighted by atomic mass is 9.70. The van der Waals surface area contributed by atoms with E-state index in [0.29, 0.717) is 0 Å². The maximum atomic E-state index is 3.89. The van der Waals surface area contributed by atoms with Gasteiger partial charge < -0.3 is 5.32 Å². The van der Waals surface area contributed by atoms with E-state index in [9.17, 15) is 0 Å². The van der Waals surface area contributed by atoms with Crippen molar-refractivity contribution < 1.29 is 0 Å². The Kier molecular flexibility index (Phi) is 5.14. The molecular formula is C43H27NS. The lowest BCUT2D eigenvalue weighted by Crippen LogP contribution is -2.25. The molecule has 7 aromatic carbocycles. The summed E-state index contributed by atoms with van der Waals surface area (Å²) in [5.74, 6) is 0. The number of fused-ring (bicyclic) bond motifs is 13. The van der Waals surface area contributed by atoms with Crippen LogP contribution in [0.4, 0.5) is 11.4 Å². The van der Waals surface area contributed by atoms with Gasteiger partial charge in [0.1, 0.15) is 0 Å². The maximum Gasteiger partial charge on any atom is 0.0726 e. The Morgan fingerprint density at radius 1 is 0.444 bits per heavy atom. The van der Waals surface area contributed by atoms with Crippen LogP contribution in [0.25, 0.3) is 53.6 Å². The molecule has 8 aromatic rings. The molecule has 2 aliphatic carbocycles. The monoisotopic (exact) mass is 589 g/mol. The molecule has 0 aliphatic heterocycles. The topological polar surface area (TPSA) is 12.0 Å². The fourth-order valence-electron chi connectivity index (χ4n) is 8.18. The van der Waals surface area contributed by atoms with Crippen LogP contribution in [-0.2, 0) is 5.41 Å². The van der Waals surface area contributed by atoms with E-state index in [2.05, 4.69) is 163 Å². The summed E-state index contributed by atoms with van der Waals surface area (Å²) in [7, 11) is 0. The van der Waals surface area contributed by atoms with Gasteiger partial charge in [0.2, 0.25) is 0 Å². The van der Waals surface area contributed by atoms with E-state index < -0.39 is 0 Å². The standard InChI is InChI=1S/C43H27NS/c1-5-19-34-30(14-1)31-15-2-6-20-35(31)43(34)36-21-7-3-16-32(36)42-37(43)22-11-23-38(42)44-28-13-9-12-27(26-28)29-18-10-25-40-41(29)33-17-4-8-24-39(33)45-40/h1-26,44H. The van der Waals surface area contributed by atoms with Gasteiger partial charge >= 0.3 is 0 Å². The first-order chi connectivity index (χ1) is 22.3. The molecule has 0 fully saturated rings. The van der Waals surface area contributed by atoms with E-state index in [-0.39, 0.29) is 5.41 Å². The molecule has 0 radical (unpaired) electrons. The second-order valence-electron chi connectivity index (χ2n) is 12.1. The third kappa shape index (κ3) is 3.32. The van der Waals surface area contributed by atoms with E-state index in [1.807, 2.05) is 11.3 Å². The second kappa shape index (κ2) is 9.28. The zero-order valence-corrected chi connectivity index (χ0v) is 25.2. The van der Waals surface area contributed by atoms with Crippen molar-refractivity contribution in [3.8, 4) is 33.4 Å². The normalized spacial score (nSPS) is 13.5. The van der Waals surface area contributed by atoms with Gasteiger partial charge in [-0.05, 0) is 80.4 Å². The average Bonchev–Trinajstić information content (AvgIpc) is 3.73. The molecule has 1 N–H and O–H groups in total. The van der Waals surface area contributed by atoms with Gasteiger partial charge in [-0.15, -0.1) is 11.3 Å². The Bertz CT molecular complexity index is 2440. The van der Waals surface area contributed by atoms with E-state index in [1.54, 1.807) is 0 Å². The third-order valence-electron chi connectivity index (χ3n) is 9.88. The van der Waals surface area contributed by atoms with E-state index in [1.165, 1.54) is 75.8 Å². The minimum Gasteiger partial charge on any atom is -0.355 e. The number of hydrogen-bond donors (Lipinski definition) is 1. The van der Waals surface area contributed by atoms with Crippen molar-refractivity contribution >= 4 is 42.9 Å². The van der Waals surface area contributed by atoms with Gasteiger partial charge in [-0.1, -0.05) is 127 Å². The van der Waals surface area contributed by atoms with Crippen LogP contribution in [0.2, 0.25) is 0 Å². The van der Waals surface area contributed by atoms with Gasteiger partial charge in [0.05, 0.1) is 5.41 Å². The molecule has 1 nitrogen and oxygen atoms in total. The lowest BCUT2D eigenvalue weighted by molar-refractivity contribution is 0.794. The molecule has 0 atom stereocenters. The first-order valence-corrected chi connectivity index (χ1v) is 16.3. The fourth-order valence-corrected chi connectivity index (χ4v) is 9.32. The molecule has 0 saturated heterocycles. The van der Waals surface area contributed by atoms with Crippen LogP contribution in [0.3, 0.4) is 0 Å². The van der Waals surface area contributed by atoms with E-state index >= 15 is 0 Å². The van der Waals surface area contributed by atoms with Crippen molar-refractivity contribution in [2.24, 2.45) is 0 Å². The van der Waals surface area contributed by atoms with Crippen LogP contribution in [0.5, 0.6) is 0 Å². The summed E-state index contributed by atoms with van der Waals surface area (Å²) in [4.78, 5) is 0. The van der Waals surface area contributed by atoms with Crippen molar-refractivity contribution in [3.63, 3.8) is 0 Å². The van der Waals surface area contributed by atoms with Crippen molar-refractivity contribution in [1.29, 1.82) is 0 Å². The maximum absolute atomic E-state index is 3.89. The largest absolute Gasteiger partial charge is 0.355 e. The first-order valence-electron chi connectivity index (χ1n) is 15.5. The fraction of sp³-hybridized carbons (Fsp3) is 0.0233. The Morgan fingerprint density at radius 2 is 1.02 bits per heavy atom. The van der Waals surface area contributed by atoms with Crippen molar-refractivity contribution in [2.45, 2.75) is 5.41 Å². The highest BCUT2D eigenvalue weighted by atomic mass is 32.1. The van der Waals surface area contributed by atoms with Gasteiger partial charge in [-0.25, -0.2) is 0 Å². The smallest absolute Gasteiger partial charge is 0.0726 e. The number of thiophene rings is 1. The van der Waals surface area contributed by atoms with E-state index in [4.69, 9.17) is 0 Å². The zero-order valence-electron chi connectivity index (χ0n) is 24.4. The Labute approximate surface area is 266 Å². The average molecular weight is 590 g/mol. The minimum atomic E-state index is -0.339. The predicted molar refractivity (Wildman–Crippen MR) is 191 cm³/mol. The van der Waals surface area contributed by atoms with Crippen LogP contribution in [0, 0.1) is 0 Å². The minimum absolute atomic E-state index is 0.339. The molecule has 10 rings (SSSR count). The number of anilines is 2. The van der Waals surface area contributed by atoms with Gasteiger partial charge in [0.15, 0.2) is 0 Å². The molecule has 1 spiro atoms. The summed E-state index contributed by atoms with van der Waals surface area (Å²) in [6.45, 7) is 0. The molecule has 0 amide bonds. The molecular weight excluding hydrogens is 563 g/mol. The number of rotatable bonds is 3. The molecule has 0 bridgehead atoms. The van der Waals surface area contributed by atoms with Crippen molar-refractivity contribution in [1.82, 2.24) is 0 Å². The lowest BCUT2D eigenvalue weighted by Gasteiger charge is -2.30. The number of nitrogens with one attached hydrogen (secondary N) is 1. The molecule has 0 unspecified atom stereocenters. The summed E-state index contributed by atoms with van der Waals surface area (Å²) in [5.41, 5.74) is 15.1. The Balaban J connectivity index is 1.16. The van der Waals surface area contributed by atoms with Crippen LogP contribution in [-0.4, -0.2) is 0 Å². The van der Waals surface area contributed by atoms with Gasteiger partial charge in [-0.3, -0.25) is 0 Å². The van der Waals surface area contributed by atoms with Crippen molar-refractivity contribution in [3.05, 3.63) is 180 Å². The molecule has 45 heavy (non-hydrogen) atoms. The molecule has 1 aromatic heterocycles. The summed E-state index contributed by atoms with van der Waals surface area (Å²) in [6.07, 6.45) is 0. The molecule has 2 aliphatic rings. The predicted octanol–water partition coefficient (Wildman–Crippen LogP) is 11.8. The molecule has 2 heteroatoms. The van der Waals surface area contributed by atoms with Gasteiger partial charge in [0.25, 0.3) is 0 Å². The summed E-state index contributed by atoms with van der Waals surface area (Å²) < 4.78 is 2.66. The first kappa shape index (κ1) is 24.9. The van der Waals surface area contributed by atoms with Crippen molar-refractivity contribution in [2.75, 3.05) is 5.32 Å². The molecule has 210 valence electrons. The van der Waals surface area contributed by atoms with E-state index in [0.717, 1.165) is 11.4 Å². The summed E-state index contributed by atoms with van der Waals surface area (Å²) in [5, 5.41) is 6.55. The second-order valence-corrected chi connectivity index (χ2v) is 13.2. The number of hydrogen-bond acceptors (Lipinski definition) is 2.